The normalized spacial score (nSPS) is 18.3. The molecule has 1 aliphatic rings. The fourth-order valence-electron chi connectivity index (χ4n) is 2.67. The Labute approximate surface area is 114 Å². The van der Waals surface area contributed by atoms with Gasteiger partial charge in [-0.25, -0.2) is 8.78 Å². The van der Waals surface area contributed by atoms with Gasteiger partial charge in [0.2, 0.25) is 0 Å². The van der Waals surface area contributed by atoms with Crippen molar-refractivity contribution in [2.45, 2.75) is 52.0 Å². The quantitative estimate of drug-likeness (QED) is 0.785. The highest BCUT2D eigenvalue weighted by molar-refractivity contribution is 5.20. The summed E-state index contributed by atoms with van der Waals surface area (Å²) in [6.45, 7) is 5.18. The first-order chi connectivity index (χ1) is 9.04. The van der Waals surface area contributed by atoms with Crippen LogP contribution < -0.4 is 5.32 Å². The first kappa shape index (κ1) is 14.4. The summed E-state index contributed by atoms with van der Waals surface area (Å²) in [5, 5.41) is 3.52. The Bertz CT molecular complexity index is 429. The Balaban J connectivity index is 2.07. The third kappa shape index (κ3) is 4.00. The highest BCUT2D eigenvalue weighted by atomic mass is 19.2. The van der Waals surface area contributed by atoms with Gasteiger partial charge >= 0.3 is 0 Å². The molecule has 1 atom stereocenters. The van der Waals surface area contributed by atoms with Crippen molar-refractivity contribution < 1.29 is 8.78 Å². The molecule has 0 amide bonds. The maximum absolute atomic E-state index is 13.8. The van der Waals surface area contributed by atoms with Crippen molar-refractivity contribution in [3.63, 3.8) is 0 Å². The van der Waals surface area contributed by atoms with E-state index in [2.05, 4.69) is 19.2 Å². The van der Waals surface area contributed by atoms with Crippen LogP contribution in [0.5, 0.6) is 0 Å². The molecule has 0 spiro atoms. The van der Waals surface area contributed by atoms with Crippen molar-refractivity contribution in [3.8, 4) is 0 Å². The Kier molecular flexibility index (Phi) is 4.56. The second-order valence-electron chi connectivity index (χ2n) is 6.11. The molecule has 19 heavy (non-hydrogen) atoms. The molecular weight excluding hydrogens is 244 g/mol. The standard InChI is InChI=1S/C16H23F2N/c1-3-9-16(2,11-19-13-7-8-13)10-12-5-4-6-14(17)15(12)18/h4-6,13,19H,3,7-11H2,1-2H3. The zero-order valence-electron chi connectivity index (χ0n) is 11.8. The molecular formula is C16H23F2N. The van der Waals surface area contributed by atoms with Crippen LogP contribution in [0, 0.1) is 17.0 Å². The van der Waals surface area contributed by atoms with Crippen LogP contribution in [0.1, 0.15) is 45.1 Å². The number of halogens is 2. The van der Waals surface area contributed by atoms with Gasteiger partial charge in [-0.05, 0) is 42.7 Å². The van der Waals surface area contributed by atoms with Gasteiger partial charge in [0.15, 0.2) is 11.6 Å². The summed E-state index contributed by atoms with van der Waals surface area (Å²) in [6.07, 6.45) is 5.15. The van der Waals surface area contributed by atoms with E-state index in [-0.39, 0.29) is 5.41 Å². The van der Waals surface area contributed by atoms with E-state index in [0.29, 0.717) is 18.0 Å². The van der Waals surface area contributed by atoms with E-state index in [1.807, 2.05) is 0 Å². The zero-order chi connectivity index (χ0) is 13.9. The Morgan fingerprint density at radius 1 is 1.32 bits per heavy atom. The molecule has 106 valence electrons. The second kappa shape index (κ2) is 6.00. The lowest BCUT2D eigenvalue weighted by atomic mass is 9.79. The van der Waals surface area contributed by atoms with Crippen molar-refractivity contribution in [2.75, 3.05) is 6.54 Å². The summed E-state index contributed by atoms with van der Waals surface area (Å²) in [5.74, 6) is -1.43. The Morgan fingerprint density at radius 2 is 2.05 bits per heavy atom. The predicted molar refractivity (Wildman–Crippen MR) is 74.1 cm³/mol. The van der Waals surface area contributed by atoms with Crippen molar-refractivity contribution in [1.29, 1.82) is 0 Å². The molecule has 1 aliphatic carbocycles. The molecule has 0 saturated heterocycles. The summed E-state index contributed by atoms with van der Waals surface area (Å²) in [5.41, 5.74) is 0.486. The van der Waals surface area contributed by atoms with Crippen LogP contribution in [-0.2, 0) is 6.42 Å². The lowest BCUT2D eigenvalue weighted by Gasteiger charge is -2.30. The van der Waals surface area contributed by atoms with E-state index in [9.17, 15) is 8.78 Å². The molecule has 1 nitrogen and oxygen atoms in total. The van der Waals surface area contributed by atoms with Crippen LogP contribution in [0.2, 0.25) is 0 Å². The van der Waals surface area contributed by atoms with Crippen LogP contribution in [0.4, 0.5) is 8.78 Å². The van der Waals surface area contributed by atoms with E-state index in [1.165, 1.54) is 18.9 Å². The molecule has 0 aromatic heterocycles. The molecule has 0 aliphatic heterocycles. The molecule has 2 rings (SSSR count). The molecule has 1 fully saturated rings. The second-order valence-corrected chi connectivity index (χ2v) is 6.11. The van der Waals surface area contributed by atoms with Crippen molar-refractivity contribution in [1.82, 2.24) is 5.32 Å². The average Bonchev–Trinajstić information content (AvgIpc) is 3.17. The smallest absolute Gasteiger partial charge is 0.162 e. The van der Waals surface area contributed by atoms with E-state index in [0.717, 1.165) is 19.4 Å². The van der Waals surface area contributed by atoms with E-state index >= 15 is 0 Å². The van der Waals surface area contributed by atoms with E-state index in [1.54, 1.807) is 12.1 Å². The summed E-state index contributed by atoms with van der Waals surface area (Å²) >= 11 is 0. The van der Waals surface area contributed by atoms with Crippen LogP contribution >= 0.6 is 0 Å². The number of hydrogen-bond donors (Lipinski definition) is 1. The molecule has 1 N–H and O–H groups in total. The Morgan fingerprint density at radius 3 is 2.68 bits per heavy atom. The molecule has 0 bridgehead atoms. The molecule has 1 saturated carbocycles. The van der Waals surface area contributed by atoms with Crippen LogP contribution in [0.25, 0.3) is 0 Å². The van der Waals surface area contributed by atoms with Gasteiger partial charge in [0, 0.05) is 12.6 Å². The minimum Gasteiger partial charge on any atom is -0.313 e. The molecule has 1 unspecified atom stereocenters. The first-order valence-electron chi connectivity index (χ1n) is 7.20. The van der Waals surface area contributed by atoms with Gasteiger partial charge in [-0.15, -0.1) is 0 Å². The van der Waals surface area contributed by atoms with Crippen molar-refractivity contribution in [3.05, 3.63) is 35.4 Å². The number of nitrogens with one attached hydrogen (secondary N) is 1. The number of hydrogen-bond acceptors (Lipinski definition) is 1. The first-order valence-corrected chi connectivity index (χ1v) is 7.20. The molecule has 3 heteroatoms. The van der Waals surface area contributed by atoms with Gasteiger partial charge < -0.3 is 5.32 Å². The third-order valence-corrected chi connectivity index (χ3v) is 3.90. The van der Waals surface area contributed by atoms with Crippen LogP contribution in [0.3, 0.4) is 0 Å². The predicted octanol–water partition coefficient (Wildman–Crippen LogP) is 4.07. The monoisotopic (exact) mass is 267 g/mol. The maximum Gasteiger partial charge on any atom is 0.162 e. The number of benzene rings is 1. The minimum absolute atomic E-state index is 0.00796. The lowest BCUT2D eigenvalue weighted by molar-refractivity contribution is 0.270. The average molecular weight is 267 g/mol. The van der Waals surface area contributed by atoms with Gasteiger partial charge in [0.05, 0.1) is 0 Å². The zero-order valence-corrected chi connectivity index (χ0v) is 11.8. The van der Waals surface area contributed by atoms with E-state index < -0.39 is 11.6 Å². The van der Waals surface area contributed by atoms with Gasteiger partial charge in [-0.1, -0.05) is 32.4 Å². The topological polar surface area (TPSA) is 12.0 Å². The van der Waals surface area contributed by atoms with Gasteiger partial charge in [-0.3, -0.25) is 0 Å². The third-order valence-electron chi connectivity index (χ3n) is 3.90. The highest BCUT2D eigenvalue weighted by Gasteiger charge is 2.29. The van der Waals surface area contributed by atoms with Crippen LogP contribution in [-0.4, -0.2) is 12.6 Å². The van der Waals surface area contributed by atoms with Gasteiger partial charge in [0.1, 0.15) is 0 Å². The summed E-state index contributed by atoms with van der Waals surface area (Å²) in [4.78, 5) is 0. The SMILES string of the molecule is CCCC(C)(CNC1CC1)Cc1cccc(F)c1F. The van der Waals surface area contributed by atoms with E-state index in [4.69, 9.17) is 0 Å². The molecule has 1 aromatic rings. The summed E-state index contributed by atoms with van der Waals surface area (Å²) < 4.78 is 27.1. The lowest BCUT2D eigenvalue weighted by Crippen LogP contribution is -2.35. The summed E-state index contributed by atoms with van der Waals surface area (Å²) in [6, 6.07) is 5.12. The molecule has 1 aromatic carbocycles. The summed E-state index contributed by atoms with van der Waals surface area (Å²) in [7, 11) is 0. The molecule has 0 radical (unpaired) electrons. The minimum atomic E-state index is -0.744. The van der Waals surface area contributed by atoms with Crippen molar-refractivity contribution in [2.24, 2.45) is 5.41 Å². The maximum atomic E-state index is 13.8. The number of rotatable bonds is 7. The fourth-order valence-corrected chi connectivity index (χ4v) is 2.67. The highest BCUT2D eigenvalue weighted by Crippen LogP contribution is 2.30. The Hall–Kier alpha value is -0.960. The van der Waals surface area contributed by atoms with Crippen LogP contribution in [0.15, 0.2) is 18.2 Å². The molecule has 0 heterocycles. The van der Waals surface area contributed by atoms with Gasteiger partial charge in [0.25, 0.3) is 0 Å². The fraction of sp³-hybridized carbons (Fsp3) is 0.625. The largest absolute Gasteiger partial charge is 0.313 e. The van der Waals surface area contributed by atoms with Crippen molar-refractivity contribution >= 4 is 0 Å². The van der Waals surface area contributed by atoms with Gasteiger partial charge in [-0.2, -0.15) is 0 Å².